The molecule has 2 rings (SSSR count). The molecule has 0 spiro atoms. The summed E-state index contributed by atoms with van der Waals surface area (Å²) in [6, 6.07) is 4.24. The molecule has 3 nitrogen and oxygen atoms in total. The van der Waals surface area contributed by atoms with E-state index in [0.717, 1.165) is 23.1 Å². The molecule has 0 aliphatic heterocycles. The van der Waals surface area contributed by atoms with Gasteiger partial charge in [0.25, 0.3) is 0 Å². The summed E-state index contributed by atoms with van der Waals surface area (Å²) in [5.74, 6) is -0.469. The van der Waals surface area contributed by atoms with Crippen LogP contribution in [0, 0.1) is 5.82 Å². The number of halogens is 1. The summed E-state index contributed by atoms with van der Waals surface area (Å²) in [4.78, 5) is 4.27. The number of nitrogens with one attached hydrogen (secondary N) is 1. The van der Waals surface area contributed by atoms with Crippen LogP contribution in [0.1, 0.15) is 30.0 Å². The molecule has 1 aromatic heterocycles. The predicted molar refractivity (Wildman–Crippen MR) is 70.1 cm³/mol. The number of phenolic OH excluding ortho intramolecular Hbond substituents is 1. The number of hydrogen-bond acceptors (Lipinski definition) is 4. The maximum Gasteiger partial charge on any atom is 0.127 e. The minimum Gasteiger partial charge on any atom is -0.508 e. The van der Waals surface area contributed by atoms with E-state index in [0.29, 0.717) is 6.54 Å². The van der Waals surface area contributed by atoms with E-state index in [1.165, 1.54) is 6.07 Å². The first-order valence-electron chi connectivity index (χ1n) is 5.80. The fraction of sp³-hybridized carbons (Fsp3) is 0.308. The van der Waals surface area contributed by atoms with E-state index in [1.54, 1.807) is 23.6 Å². The third kappa shape index (κ3) is 3.27. The van der Waals surface area contributed by atoms with Gasteiger partial charge in [-0.2, -0.15) is 0 Å². The molecule has 0 aliphatic rings. The maximum absolute atomic E-state index is 13.1. The number of nitrogens with zero attached hydrogens (tertiary/aromatic N) is 1. The van der Waals surface area contributed by atoms with Gasteiger partial charge in [0.05, 0.1) is 6.04 Å². The van der Waals surface area contributed by atoms with E-state index < -0.39 is 5.82 Å². The highest BCUT2D eigenvalue weighted by Gasteiger charge is 2.11. The van der Waals surface area contributed by atoms with Gasteiger partial charge in [-0.15, -0.1) is 11.3 Å². The van der Waals surface area contributed by atoms with E-state index in [-0.39, 0.29) is 11.8 Å². The highest BCUT2D eigenvalue weighted by Crippen LogP contribution is 2.20. The van der Waals surface area contributed by atoms with Gasteiger partial charge in [0.2, 0.25) is 0 Å². The molecule has 2 aromatic rings. The van der Waals surface area contributed by atoms with Gasteiger partial charge in [0.1, 0.15) is 16.6 Å². The van der Waals surface area contributed by atoms with Crippen LogP contribution < -0.4 is 5.32 Å². The lowest BCUT2D eigenvalue weighted by Gasteiger charge is -2.14. The molecule has 96 valence electrons. The van der Waals surface area contributed by atoms with Crippen LogP contribution >= 0.6 is 11.3 Å². The summed E-state index contributed by atoms with van der Waals surface area (Å²) in [5, 5.41) is 15.6. The zero-order valence-electron chi connectivity index (χ0n) is 10.1. The first kappa shape index (κ1) is 13.0. The predicted octanol–water partition coefficient (Wildman–Crippen LogP) is 3.23. The smallest absolute Gasteiger partial charge is 0.127 e. The quantitative estimate of drug-likeness (QED) is 0.873. The average Bonchev–Trinajstić information content (AvgIpc) is 2.82. The van der Waals surface area contributed by atoms with Gasteiger partial charge in [-0.3, -0.25) is 0 Å². The second kappa shape index (κ2) is 5.93. The van der Waals surface area contributed by atoms with Gasteiger partial charge in [0, 0.05) is 24.2 Å². The van der Waals surface area contributed by atoms with Gasteiger partial charge in [-0.05, 0) is 24.1 Å². The van der Waals surface area contributed by atoms with Crippen molar-refractivity contribution in [3.63, 3.8) is 0 Å². The molecule has 1 unspecified atom stereocenters. The Bertz CT molecular complexity index is 481. The first-order chi connectivity index (χ1) is 8.69. The summed E-state index contributed by atoms with van der Waals surface area (Å²) in [6.45, 7) is 2.57. The standard InChI is InChI=1S/C13H15FN2OS/c1-2-12(13-15-3-4-18-13)16-8-9-5-10(14)7-11(17)6-9/h3-7,12,16-17H,2,8H2,1H3. The molecule has 0 saturated carbocycles. The van der Waals surface area contributed by atoms with E-state index in [9.17, 15) is 9.50 Å². The molecule has 0 amide bonds. The Labute approximate surface area is 109 Å². The number of hydrogen-bond donors (Lipinski definition) is 2. The Morgan fingerprint density at radius 3 is 2.89 bits per heavy atom. The molecule has 0 aliphatic carbocycles. The van der Waals surface area contributed by atoms with Gasteiger partial charge >= 0.3 is 0 Å². The molecular formula is C13H15FN2OS. The largest absolute Gasteiger partial charge is 0.508 e. The molecule has 1 heterocycles. The minimum absolute atomic E-state index is 0.0471. The van der Waals surface area contributed by atoms with E-state index >= 15 is 0 Å². The summed E-state index contributed by atoms with van der Waals surface area (Å²) < 4.78 is 13.1. The molecule has 1 atom stereocenters. The lowest BCUT2D eigenvalue weighted by Crippen LogP contribution is -2.20. The third-order valence-electron chi connectivity index (χ3n) is 2.65. The number of phenols is 1. The molecule has 0 saturated heterocycles. The Kier molecular flexibility index (Phi) is 4.28. The Morgan fingerprint density at radius 2 is 2.28 bits per heavy atom. The zero-order valence-corrected chi connectivity index (χ0v) is 10.9. The van der Waals surface area contributed by atoms with Crippen molar-refractivity contribution in [2.24, 2.45) is 0 Å². The normalized spacial score (nSPS) is 12.6. The molecule has 0 bridgehead atoms. The molecule has 0 radical (unpaired) electrons. The molecule has 18 heavy (non-hydrogen) atoms. The van der Waals surface area contributed by atoms with Crippen LogP contribution in [0.4, 0.5) is 4.39 Å². The number of rotatable bonds is 5. The molecule has 2 N–H and O–H groups in total. The molecule has 0 fully saturated rings. The van der Waals surface area contributed by atoms with Crippen molar-refractivity contribution in [2.45, 2.75) is 25.9 Å². The fourth-order valence-electron chi connectivity index (χ4n) is 1.79. The van der Waals surface area contributed by atoms with Crippen LogP contribution in [0.25, 0.3) is 0 Å². The summed E-state index contributed by atoms with van der Waals surface area (Å²) >= 11 is 1.60. The zero-order chi connectivity index (χ0) is 13.0. The Morgan fingerprint density at radius 1 is 1.44 bits per heavy atom. The topological polar surface area (TPSA) is 45.1 Å². The second-order valence-corrected chi connectivity index (χ2v) is 4.96. The van der Waals surface area contributed by atoms with Crippen LogP contribution in [0.15, 0.2) is 29.8 Å². The second-order valence-electron chi connectivity index (χ2n) is 4.03. The van der Waals surface area contributed by atoms with E-state index in [2.05, 4.69) is 17.2 Å². The van der Waals surface area contributed by atoms with Gasteiger partial charge in [-0.25, -0.2) is 9.37 Å². The van der Waals surface area contributed by atoms with Crippen LogP contribution in [0.5, 0.6) is 5.75 Å². The van der Waals surface area contributed by atoms with Crippen LogP contribution in [-0.4, -0.2) is 10.1 Å². The van der Waals surface area contributed by atoms with Gasteiger partial charge in [-0.1, -0.05) is 6.92 Å². The molecule has 5 heteroatoms. The highest BCUT2D eigenvalue weighted by atomic mass is 32.1. The number of benzene rings is 1. The van der Waals surface area contributed by atoms with E-state index in [4.69, 9.17) is 0 Å². The fourth-order valence-corrected chi connectivity index (χ4v) is 2.59. The van der Waals surface area contributed by atoms with Crippen molar-refractivity contribution in [2.75, 3.05) is 0 Å². The van der Waals surface area contributed by atoms with Crippen molar-refractivity contribution >= 4 is 11.3 Å². The lowest BCUT2D eigenvalue weighted by molar-refractivity contribution is 0.465. The highest BCUT2D eigenvalue weighted by molar-refractivity contribution is 7.09. The van der Waals surface area contributed by atoms with Crippen molar-refractivity contribution < 1.29 is 9.50 Å². The van der Waals surface area contributed by atoms with Crippen LogP contribution in [0.3, 0.4) is 0 Å². The first-order valence-corrected chi connectivity index (χ1v) is 6.68. The summed E-state index contributed by atoms with van der Waals surface area (Å²) in [6.07, 6.45) is 2.69. The Balaban J connectivity index is 2.01. The van der Waals surface area contributed by atoms with Crippen LogP contribution in [-0.2, 0) is 6.54 Å². The number of thiazole rings is 1. The van der Waals surface area contributed by atoms with Crippen molar-refractivity contribution in [1.82, 2.24) is 10.3 Å². The number of aromatic nitrogens is 1. The maximum atomic E-state index is 13.1. The van der Waals surface area contributed by atoms with Gasteiger partial charge < -0.3 is 10.4 Å². The van der Waals surface area contributed by atoms with Crippen LogP contribution in [0.2, 0.25) is 0 Å². The van der Waals surface area contributed by atoms with Crippen molar-refractivity contribution in [3.05, 3.63) is 46.2 Å². The lowest BCUT2D eigenvalue weighted by atomic mass is 10.1. The molecule has 1 aromatic carbocycles. The average molecular weight is 266 g/mol. The molecular weight excluding hydrogens is 251 g/mol. The van der Waals surface area contributed by atoms with Crippen molar-refractivity contribution in [1.29, 1.82) is 0 Å². The van der Waals surface area contributed by atoms with Crippen molar-refractivity contribution in [3.8, 4) is 5.75 Å². The number of aromatic hydroxyl groups is 1. The summed E-state index contributed by atoms with van der Waals surface area (Å²) in [7, 11) is 0. The minimum atomic E-state index is -0.422. The Hall–Kier alpha value is -1.46. The van der Waals surface area contributed by atoms with Gasteiger partial charge in [0.15, 0.2) is 0 Å². The van der Waals surface area contributed by atoms with E-state index in [1.807, 2.05) is 5.38 Å². The third-order valence-corrected chi connectivity index (χ3v) is 3.54. The SMILES string of the molecule is CCC(NCc1cc(O)cc(F)c1)c1nccs1. The monoisotopic (exact) mass is 266 g/mol. The summed E-state index contributed by atoms with van der Waals surface area (Å²) in [5.41, 5.74) is 0.725.